The zero-order chi connectivity index (χ0) is 12.3. The number of amides is 1. The minimum absolute atomic E-state index is 0.00866. The topological polar surface area (TPSA) is 64.3 Å². The summed E-state index contributed by atoms with van der Waals surface area (Å²) < 4.78 is 5.38. The van der Waals surface area contributed by atoms with Gasteiger partial charge in [-0.3, -0.25) is 4.79 Å². The van der Waals surface area contributed by atoms with Crippen LogP contribution in [-0.2, 0) is 4.79 Å². The van der Waals surface area contributed by atoms with E-state index in [1.807, 2.05) is 31.2 Å². The Labute approximate surface area is 101 Å². The third kappa shape index (κ3) is 2.77. The van der Waals surface area contributed by atoms with Gasteiger partial charge in [-0.1, -0.05) is 12.1 Å². The fourth-order valence-corrected chi connectivity index (χ4v) is 2.09. The Balaban J connectivity index is 2.12. The molecular formula is C13H18N2O2. The number of carbonyl (C=O) groups is 1. The Morgan fingerprint density at radius 1 is 1.41 bits per heavy atom. The molecule has 1 amide bonds. The molecule has 1 aliphatic rings. The van der Waals surface area contributed by atoms with E-state index in [1.54, 1.807) is 0 Å². The quantitative estimate of drug-likeness (QED) is 0.830. The average molecular weight is 234 g/mol. The van der Waals surface area contributed by atoms with Gasteiger partial charge in [0, 0.05) is 12.5 Å². The molecule has 2 unspecified atom stereocenters. The van der Waals surface area contributed by atoms with Crippen LogP contribution in [-0.4, -0.2) is 18.6 Å². The fraction of sp³-hybridized carbons (Fsp3) is 0.462. The molecule has 0 aliphatic carbocycles. The van der Waals surface area contributed by atoms with E-state index in [2.05, 4.69) is 5.32 Å². The van der Waals surface area contributed by atoms with Gasteiger partial charge in [0.1, 0.15) is 5.75 Å². The molecule has 0 radical (unpaired) electrons. The smallest absolute Gasteiger partial charge is 0.220 e. The Morgan fingerprint density at radius 2 is 2.12 bits per heavy atom. The van der Waals surface area contributed by atoms with Crippen LogP contribution in [0.3, 0.4) is 0 Å². The first kappa shape index (κ1) is 11.9. The second kappa shape index (κ2) is 5.19. The average Bonchev–Trinajstić information content (AvgIpc) is 2.34. The summed E-state index contributed by atoms with van der Waals surface area (Å²) in [5.74, 6) is 0.914. The normalized spacial score (nSPS) is 24.2. The summed E-state index contributed by atoms with van der Waals surface area (Å²) in [4.78, 5) is 11.4. The van der Waals surface area contributed by atoms with Crippen molar-refractivity contribution < 1.29 is 9.53 Å². The number of rotatable bonds is 3. The number of nitrogens with one attached hydrogen (secondary N) is 1. The Hall–Kier alpha value is -1.55. The summed E-state index contributed by atoms with van der Waals surface area (Å²) >= 11 is 0. The molecule has 4 heteroatoms. The van der Waals surface area contributed by atoms with Gasteiger partial charge in [0.25, 0.3) is 0 Å². The molecule has 0 bridgehead atoms. The summed E-state index contributed by atoms with van der Waals surface area (Å²) in [6, 6.07) is 7.65. The van der Waals surface area contributed by atoms with Crippen LogP contribution in [0.25, 0.3) is 0 Å². The summed E-state index contributed by atoms with van der Waals surface area (Å²) in [7, 11) is 0. The van der Waals surface area contributed by atoms with Crippen LogP contribution in [0.1, 0.15) is 31.4 Å². The van der Waals surface area contributed by atoms with Gasteiger partial charge in [0.05, 0.1) is 12.6 Å². The molecule has 2 atom stereocenters. The van der Waals surface area contributed by atoms with Gasteiger partial charge in [-0.2, -0.15) is 0 Å². The maximum absolute atomic E-state index is 11.4. The minimum atomic E-state index is -0.0769. The van der Waals surface area contributed by atoms with Crippen LogP contribution in [0.4, 0.5) is 0 Å². The first-order valence-corrected chi connectivity index (χ1v) is 5.98. The minimum Gasteiger partial charge on any atom is -0.494 e. The third-order valence-electron chi connectivity index (χ3n) is 3.00. The molecule has 4 nitrogen and oxygen atoms in total. The summed E-state index contributed by atoms with van der Waals surface area (Å²) in [6.45, 7) is 2.60. The number of nitrogens with two attached hydrogens (primary N) is 1. The van der Waals surface area contributed by atoms with E-state index in [-0.39, 0.29) is 18.0 Å². The molecule has 1 fully saturated rings. The van der Waals surface area contributed by atoms with E-state index in [9.17, 15) is 4.79 Å². The fourth-order valence-electron chi connectivity index (χ4n) is 2.09. The van der Waals surface area contributed by atoms with Crippen LogP contribution in [0.5, 0.6) is 5.75 Å². The number of benzene rings is 1. The molecule has 3 N–H and O–H groups in total. The molecule has 0 spiro atoms. The summed E-state index contributed by atoms with van der Waals surface area (Å²) in [5, 5.41) is 2.93. The van der Waals surface area contributed by atoms with Crippen molar-refractivity contribution in [3.63, 3.8) is 0 Å². The zero-order valence-electron chi connectivity index (χ0n) is 9.98. The number of piperidine rings is 1. The third-order valence-corrected chi connectivity index (χ3v) is 3.00. The highest BCUT2D eigenvalue weighted by atomic mass is 16.5. The molecule has 1 aromatic carbocycles. The zero-order valence-corrected chi connectivity index (χ0v) is 9.98. The van der Waals surface area contributed by atoms with Gasteiger partial charge in [0.15, 0.2) is 0 Å². The number of carbonyl (C=O) groups excluding carboxylic acids is 1. The Bertz CT molecular complexity index is 389. The molecule has 1 aromatic rings. The standard InChI is InChI=1S/C13H18N2O2/c1-2-17-10-5-3-9(4-6-10)13-11(14)7-8-12(16)15-13/h3-6,11,13H,2,7-8,14H2,1H3,(H,15,16). The van der Waals surface area contributed by atoms with Crippen LogP contribution in [0.15, 0.2) is 24.3 Å². The van der Waals surface area contributed by atoms with Crippen molar-refractivity contribution in [2.75, 3.05) is 6.61 Å². The number of hydrogen-bond donors (Lipinski definition) is 2. The van der Waals surface area contributed by atoms with E-state index < -0.39 is 0 Å². The lowest BCUT2D eigenvalue weighted by atomic mass is 9.93. The van der Waals surface area contributed by atoms with Crippen molar-refractivity contribution in [3.05, 3.63) is 29.8 Å². The molecule has 0 saturated carbocycles. The highest BCUT2D eigenvalue weighted by Gasteiger charge is 2.26. The second-order valence-corrected chi connectivity index (χ2v) is 4.25. The Kier molecular flexibility index (Phi) is 3.64. The van der Waals surface area contributed by atoms with Crippen molar-refractivity contribution in [3.8, 4) is 5.75 Å². The van der Waals surface area contributed by atoms with Gasteiger partial charge in [0.2, 0.25) is 5.91 Å². The van der Waals surface area contributed by atoms with E-state index >= 15 is 0 Å². The van der Waals surface area contributed by atoms with Gasteiger partial charge < -0.3 is 15.8 Å². The van der Waals surface area contributed by atoms with Gasteiger partial charge in [-0.15, -0.1) is 0 Å². The highest BCUT2D eigenvalue weighted by Crippen LogP contribution is 2.24. The van der Waals surface area contributed by atoms with Crippen molar-refractivity contribution in [1.82, 2.24) is 5.32 Å². The van der Waals surface area contributed by atoms with Crippen molar-refractivity contribution in [2.45, 2.75) is 31.8 Å². The molecule has 1 saturated heterocycles. The summed E-state index contributed by atoms with van der Waals surface area (Å²) in [6.07, 6.45) is 1.26. The van der Waals surface area contributed by atoms with E-state index in [0.29, 0.717) is 13.0 Å². The van der Waals surface area contributed by atoms with E-state index in [4.69, 9.17) is 10.5 Å². The van der Waals surface area contributed by atoms with Crippen LogP contribution in [0.2, 0.25) is 0 Å². The summed E-state index contributed by atoms with van der Waals surface area (Å²) in [5.41, 5.74) is 7.06. The molecule has 1 heterocycles. The maximum atomic E-state index is 11.4. The molecule has 2 rings (SSSR count). The predicted molar refractivity (Wildman–Crippen MR) is 65.7 cm³/mol. The van der Waals surface area contributed by atoms with Crippen LogP contribution < -0.4 is 15.8 Å². The first-order valence-electron chi connectivity index (χ1n) is 5.98. The van der Waals surface area contributed by atoms with Gasteiger partial charge >= 0.3 is 0 Å². The molecular weight excluding hydrogens is 216 g/mol. The lowest BCUT2D eigenvalue weighted by molar-refractivity contribution is -0.123. The molecule has 92 valence electrons. The van der Waals surface area contributed by atoms with Crippen molar-refractivity contribution in [1.29, 1.82) is 0 Å². The predicted octanol–water partition coefficient (Wildman–Crippen LogP) is 1.36. The van der Waals surface area contributed by atoms with E-state index in [1.165, 1.54) is 0 Å². The lowest BCUT2D eigenvalue weighted by Gasteiger charge is -2.29. The van der Waals surface area contributed by atoms with Gasteiger partial charge in [-0.05, 0) is 31.0 Å². The van der Waals surface area contributed by atoms with Crippen LogP contribution >= 0.6 is 0 Å². The second-order valence-electron chi connectivity index (χ2n) is 4.25. The monoisotopic (exact) mass is 234 g/mol. The maximum Gasteiger partial charge on any atom is 0.220 e. The number of hydrogen-bond acceptors (Lipinski definition) is 3. The first-order chi connectivity index (χ1) is 8.20. The van der Waals surface area contributed by atoms with Crippen LogP contribution in [0, 0.1) is 0 Å². The lowest BCUT2D eigenvalue weighted by Crippen LogP contribution is -2.45. The van der Waals surface area contributed by atoms with Crippen molar-refractivity contribution >= 4 is 5.91 Å². The van der Waals surface area contributed by atoms with Gasteiger partial charge in [-0.25, -0.2) is 0 Å². The number of ether oxygens (including phenoxy) is 1. The SMILES string of the molecule is CCOc1ccc(C2NC(=O)CCC2N)cc1. The largest absolute Gasteiger partial charge is 0.494 e. The molecule has 17 heavy (non-hydrogen) atoms. The Morgan fingerprint density at radius 3 is 2.76 bits per heavy atom. The van der Waals surface area contributed by atoms with E-state index in [0.717, 1.165) is 17.7 Å². The van der Waals surface area contributed by atoms with Crippen molar-refractivity contribution in [2.24, 2.45) is 5.73 Å². The highest BCUT2D eigenvalue weighted by molar-refractivity contribution is 5.77. The molecule has 0 aromatic heterocycles. The molecule has 1 aliphatic heterocycles.